The summed E-state index contributed by atoms with van der Waals surface area (Å²) in [6.07, 6.45) is 0. The minimum absolute atomic E-state index is 0.891. The van der Waals surface area contributed by atoms with Gasteiger partial charge in [-0.1, -0.05) is 0 Å². The van der Waals surface area contributed by atoms with Crippen molar-refractivity contribution in [2.45, 2.75) is 13.8 Å². The zero-order valence-electron chi connectivity index (χ0n) is 8.66. The van der Waals surface area contributed by atoms with Crippen LogP contribution in [0, 0.1) is 13.8 Å². The van der Waals surface area contributed by atoms with Gasteiger partial charge in [0.05, 0.1) is 7.11 Å². The van der Waals surface area contributed by atoms with Gasteiger partial charge in [0, 0.05) is 16.8 Å². The molecule has 1 heterocycles. The summed E-state index contributed by atoms with van der Waals surface area (Å²) in [6.45, 7) is 4.04. The molecular formula is C12H13NO. The molecule has 0 aliphatic heterocycles. The van der Waals surface area contributed by atoms with Crippen LogP contribution in [0.5, 0.6) is 5.75 Å². The number of hydrogen-bond acceptors (Lipinski definition) is 2. The lowest BCUT2D eigenvalue weighted by Gasteiger charge is -2.05. The van der Waals surface area contributed by atoms with Crippen molar-refractivity contribution in [1.29, 1.82) is 0 Å². The topological polar surface area (TPSA) is 22.1 Å². The average Bonchev–Trinajstić information content (AvgIpc) is 2.16. The summed E-state index contributed by atoms with van der Waals surface area (Å²) >= 11 is 0. The second-order valence-electron chi connectivity index (χ2n) is 3.44. The number of fused-ring (bicyclic) bond motifs is 1. The molecule has 0 bridgehead atoms. The molecule has 0 spiro atoms. The van der Waals surface area contributed by atoms with Crippen LogP contribution in [-0.2, 0) is 0 Å². The highest BCUT2D eigenvalue weighted by Crippen LogP contribution is 2.22. The van der Waals surface area contributed by atoms with Crippen molar-refractivity contribution in [3.8, 4) is 5.75 Å². The first-order valence-electron chi connectivity index (χ1n) is 4.62. The van der Waals surface area contributed by atoms with Crippen molar-refractivity contribution in [3.05, 3.63) is 35.7 Å². The number of aromatic nitrogens is 1. The van der Waals surface area contributed by atoms with Crippen molar-refractivity contribution in [2.75, 3.05) is 7.11 Å². The number of aryl methyl sites for hydroxylation is 2. The SMILES string of the molecule is COc1ccc2c(C)nc(C)cc2c1. The van der Waals surface area contributed by atoms with Gasteiger partial charge in [0.2, 0.25) is 0 Å². The van der Waals surface area contributed by atoms with E-state index in [-0.39, 0.29) is 0 Å². The van der Waals surface area contributed by atoms with Crippen LogP contribution in [0.3, 0.4) is 0 Å². The maximum Gasteiger partial charge on any atom is 0.119 e. The Morgan fingerprint density at radius 3 is 2.64 bits per heavy atom. The second-order valence-corrected chi connectivity index (χ2v) is 3.44. The van der Waals surface area contributed by atoms with Gasteiger partial charge in [-0.05, 0) is 43.5 Å². The first-order chi connectivity index (χ1) is 6.70. The molecule has 2 heteroatoms. The van der Waals surface area contributed by atoms with Crippen LogP contribution in [0.1, 0.15) is 11.4 Å². The van der Waals surface area contributed by atoms with E-state index in [9.17, 15) is 0 Å². The molecule has 2 nitrogen and oxygen atoms in total. The molecule has 0 radical (unpaired) electrons. The maximum atomic E-state index is 5.18. The molecule has 0 unspecified atom stereocenters. The minimum Gasteiger partial charge on any atom is -0.497 e. The smallest absolute Gasteiger partial charge is 0.119 e. The summed E-state index contributed by atoms with van der Waals surface area (Å²) in [7, 11) is 1.68. The highest BCUT2D eigenvalue weighted by molar-refractivity contribution is 5.86. The molecule has 2 aromatic rings. The lowest BCUT2D eigenvalue weighted by atomic mass is 10.1. The van der Waals surface area contributed by atoms with E-state index in [1.807, 2.05) is 26.0 Å². The second kappa shape index (κ2) is 3.29. The number of pyridine rings is 1. The summed E-state index contributed by atoms with van der Waals surface area (Å²) in [5.74, 6) is 0.891. The summed E-state index contributed by atoms with van der Waals surface area (Å²) in [4.78, 5) is 4.42. The van der Waals surface area contributed by atoms with Gasteiger partial charge in [0.15, 0.2) is 0 Å². The van der Waals surface area contributed by atoms with Gasteiger partial charge in [0.1, 0.15) is 5.75 Å². The number of ether oxygens (including phenoxy) is 1. The highest BCUT2D eigenvalue weighted by atomic mass is 16.5. The van der Waals surface area contributed by atoms with Gasteiger partial charge in [-0.2, -0.15) is 0 Å². The Hall–Kier alpha value is -1.57. The van der Waals surface area contributed by atoms with E-state index in [0.717, 1.165) is 17.1 Å². The van der Waals surface area contributed by atoms with Gasteiger partial charge in [-0.3, -0.25) is 4.98 Å². The molecular weight excluding hydrogens is 174 g/mol. The summed E-state index contributed by atoms with van der Waals surface area (Å²) < 4.78 is 5.18. The monoisotopic (exact) mass is 187 g/mol. The van der Waals surface area contributed by atoms with Crippen LogP contribution >= 0.6 is 0 Å². The first kappa shape index (κ1) is 9.00. The van der Waals surface area contributed by atoms with E-state index in [0.29, 0.717) is 0 Å². The molecule has 1 aromatic carbocycles. The van der Waals surface area contributed by atoms with Crippen molar-refractivity contribution < 1.29 is 4.74 Å². The van der Waals surface area contributed by atoms with Crippen LogP contribution in [0.15, 0.2) is 24.3 Å². The van der Waals surface area contributed by atoms with E-state index in [1.54, 1.807) is 7.11 Å². The first-order valence-corrected chi connectivity index (χ1v) is 4.62. The van der Waals surface area contributed by atoms with Crippen molar-refractivity contribution in [2.24, 2.45) is 0 Å². The predicted molar refractivity (Wildman–Crippen MR) is 57.8 cm³/mol. The maximum absolute atomic E-state index is 5.18. The third kappa shape index (κ3) is 1.43. The highest BCUT2D eigenvalue weighted by Gasteiger charge is 2.01. The number of benzene rings is 1. The Bertz CT molecular complexity index is 477. The molecule has 0 N–H and O–H groups in total. The minimum atomic E-state index is 0.891. The Morgan fingerprint density at radius 2 is 1.93 bits per heavy atom. The van der Waals surface area contributed by atoms with Crippen LogP contribution in [0.25, 0.3) is 10.8 Å². The standard InChI is InChI=1S/C12H13NO/c1-8-6-10-7-11(14-3)4-5-12(10)9(2)13-8/h4-7H,1-3H3. The lowest BCUT2D eigenvalue weighted by Crippen LogP contribution is -1.89. The third-order valence-electron chi connectivity index (χ3n) is 2.36. The van der Waals surface area contributed by atoms with Crippen LogP contribution in [-0.4, -0.2) is 12.1 Å². The number of hydrogen-bond donors (Lipinski definition) is 0. The fraction of sp³-hybridized carbons (Fsp3) is 0.250. The quantitative estimate of drug-likeness (QED) is 0.684. The number of rotatable bonds is 1. The molecule has 72 valence electrons. The molecule has 14 heavy (non-hydrogen) atoms. The van der Waals surface area contributed by atoms with E-state index < -0.39 is 0 Å². The molecule has 0 aliphatic carbocycles. The van der Waals surface area contributed by atoms with Crippen LogP contribution in [0.2, 0.25) is 0 Å². The molecule has 0 saturated heterocycles. The van der Waals surface area contributed by atoms with E-state index in [1.165, 1.54) is 10.8 Å². The molecule has 0 saturated carbocycles. The van der Waals surface area contributed by atoms with Gasteiger partial charge < -0.3 is 4.74 Å². The zero-order chi connectivity index (χ0) is 10.1. The average molecular weight is 187 g/mol. The zero-order valence-corrected chi connectivity index (χ0v) is 8.66. The van der Waals surface area contributed by atoms with Crippen LogP contribution in [0.4, 0.5) is 0 Å². The lowest BCUT2D eigenvalue weighted by molar-refractivity contribution is 0.415. The predicted octanol–water partition coefficient (Wildman–Crippen LogP) is 2.86. The van der Waals surface area contributed by atoms with Gasteiger partial charge in [-0.25, -0.2) is 0 Å². The molecule has 1 aromatic heterocycles. The van der Waals surface area contributed by atoms with Crippen LogP contribution < -0.4 is 4.74 Å². The Labute approximate surface area is 83.5 Å². The largest absolute Gasteiger partial charge is 0.497 e. The van der Waals surface area contributed by atoms with Gasteiger partial charge in [-0.15, -0.1) is 0 Å². The van der Waals surface area contributed by atoms with Crippen molar-refractivity contribution in [1.82, 2.24) is 4.98 Å². The Balaban J connectivity index is 2.75. The third-order valence-corrected chi connectivity index (χ3v) is 2.36. The summed E-state index contributed by atoms with van der Waals surface area (Å²) in [5, 5.41) is 2.38. The number of nitrogens with zero attached hydrogens (tertiary/aromatic N) is 1. The fourth-order valence-electron chi connectivity index (χ4n) is 1.70. The molecule has 0 amide bonds. The van der Waals surface area contributed by atoms with E-state index >= 15 is 0 Å². The molecule has 0 atom stereocenters. The normalized spacial score (nSPS) is 10.5. The van der Waals surface area contributed by atoms with Gasteiger partial charge >= 0.3 is 0 Å². The summed E-state index contributed by atoms with van der Waals surface area (Å²) in [6, 6.07) is 8.13. The number of methoxy groups -OCH3 is 1. The molecule has 2 rings (SSSR count). The van der Waals surface area contributed by atoms with E-state index in [2.05, 4.69) is 17.1 Å². The Morgan fingerprint density at radius 1 is 1.14 bits per heavy atom. The fourth-order valence-corrected chi connectivity index (χ4v) is 1.70. The van der Waals surface area contributed by atoms with E-state index in [4.69, 9.17) is 4.74 Å². The molecule has 0 fully saturated rings. The Kier molecular flexibility index (Phi) is 2.12. The van der Waals surface area contributed by atoms with Crippen molar-refractivity contribution in [3.63, 3.8) is 0 Å². The molecule has 0 aliphatic rings. The van der Waals surface area contributed by atoms with Gasteiger partial charge in [0.25, 0.3) is 0 Å². The van der Waals surface area contributed by atoms with Crippen molar-refractivity contribution >= 4 is 10.8 Å². The summed E-state index contributed by atoms with van der Waals surface area (Å²) in [5.41, 5.74) is 2.12.